The maximum Gasteiger partial charge on any atom is 0.416 e. The molecule has 356 valence electrons. The van der Waals surface area contributed by atoms with Crippen molar-refractivity contribution in [3.8, 4) is 22.3 Å². The number of halogens is 12. The summed E-state index contributed by atoms with van der Waals surface area (Å²) in [6.07, 6.45) is -22.0. The lowest BCUT2D eigenvalue weighted by molar-refractivity contribution is -0.138. The molecule has 8 rings (SSSR count). The predicted octanol–water partition coefficient (Wildman–Crippen LogP) is 13.6. The Morgan fingerprint density at radius 3 is 0.986 bits per heavy atom. The Morgan fingerprint density at radius 2 is 0.657 bits per heavy atom. The van der Waals surface area contributed by atoms with Crippen LogP contribution in [0.4, 0.5) is 52.7 Å². The topological polar surface area (TPSA) is 17.1 Å². The fourth-order valence-corrected chi connectivity index (χ4v) is 10.0. The largest absolute Gasteiger partial charge is 0.416 e. The van der Waals surface area contributed by atoms with Crippen LogP contribution in [0.15, 0.2) is 217 Å². The summed E-state index contributed by atoms with van der Waals surface area (Å²) >= 11 is 0. The molecule has 8 aromatic rings. The number of hydrogen-bond acceptors (Lipinski definition) is 1. The molecule has 0 saturated carbocycles. The lowest BCUT2D eigenvalue weighted by Crippen LogP contribution is -2.74. The fraction of sp³-hybridized carbons (Fsp3) is 0.0909. The van der Waals surface area contributed by atoms with Crippen LogP contribution in [0.2, 0.25) is 0 Å². The monoisotopic (exact) mass is 984 g/mol. The van der Waals surface area contributed by atoms with Gasteiger partial charge in [0, 0.05) is 11.1 Å². The highest BCUT2D eigenvalue weighted by molar-refractivity contribution is 8.06. The van der Waals surface area contributed by atoms with Crippen LogP contribution >= 0.6 is 0 Å². The zero-order valence-electron chi connectivity index (χ0n) is 36.3. The van der Waals surface area contributed by atoms with Crippen molar-refractivity contribution in [1.82, 2.24) is 0 Å². The summed E-state index contributed by atoms with van der Waals surface area (Å²) in [4.78, 5) is 0.774. The van der Waals surface area contributed by atoms with Crippen molar-refractivity contribution in [3.05, 3.63) is 246 Å². The molecule has 0 saturated heterocycles. The van der Waals surface area contributed by atoms with Gasteiger partial charge in [-0.25, -0.2) is 0 Å². The van der Waals surface area contributed by atoms with E-state index in [1.165, 1.54) is 5.56 Å². The maximum absolute atomic E-state index is 13.9. The number of hydrogen-bond donors (Lipinski definition) is 0. The summed E-state index contributed by atoms with van der Waals surface area (Å²) in [5.74, 6) is 3.51. The molecule has 1 unspecified atom stereocenters. The summed E-state index contributed by atoms with van der Waals surface area (Å²) in [7, 11) is -2.56. The molecule has 0 N–H and O–H groups in total. The molecule has 0 aliphatic carbocycles. The highest BCUT2D eigenvalue weighted by Crippen LogP contribution is 2.33. The molecule has 0 bridgehead atoms. The van der Waals surface area contributed by atoms with Crippen molar-refractivity contribution in [2.45, 2.75) is 35.4 Å². The summed E-state index contributed by atoms with van der Waals surface area (Å²) in [6.45, 7) is 0. The maximum atomic E-state index is 13.9. The van der Waals surface area contributed by atoms with Gasteiger partial charge in [-0.15, -0.1) is 0 Å². The van der Waals surface area contributed by atoms with Gasteiger partial charge < -0.3 is 0 Å². The minimum absolute atomic E-state index is 0.0114. The van der Waals surface area contributed by atoms with Crippen molar-refractivity contribution in [2.24, 2.45) is 0 Å². The Hall–Kier alpha value is -7.31. The standard InChI is InChI=1S/C28H16BF12.C27H21OS/c30-25(31,32)17-1-9-21(10-2-17)29(22-11-3-18(4-12-22)26(33,34)35,23-13-5-19(6-14-23)27(36,37)38)24-15-7-20(8-16-24)28(39,40)41;28-29(27-14-8-3-9-15-27,21-20-23-10-4-1-5-11-23)22-24-16-18-26(19-17-24)25-12-6-2-7-13-25/h1-16H;1-19H,22H2/q-1;+1. The van der Waals surface area contributed by atoms with Crippen LogP contribution in [0.1, 0.15) is 33.4 Å². The van der Waals surface area contributed by atoms with E-state index in [4.69, 9.17) is 0 Å². The third-order valence-corrected chi connectivity index (χ3v) is 13.8. The summed E-state index contributed by atoms with van der Waals surface area (Å²) in [5.41, 5.74) is -0.0870. The molecule has 8 aromatic carbocycles. The minimum atomic E-state index is -4.77. The van der Waals surface area contributed by atoms with E-state index < -0.39 is 63.0 Å². The summed E-state index contributed by atoms with van der Waals surface area (Å²) in [5, 5.41) is 3.10. The van der Waals surface area contributed by atoms with Crippen LogP contribution < -0.4 is 21.9 Å². The van der Waals surface area contributed by atoms with E-state index in [0.717, 1.165) is 70.1 Å². The second-order valence-electron chi connectivity index (χ2n) is 16.1. The van der Waals surface area contributed by atoms with E-state index in [1.807, 2.05) is 78.9 Å². The first-order chi connectivity index (χ1) is 33.1. The van der Waals surface area contributed by atoms with Gasteiger partial charge >= 0.3 is 24.7 Å². The van der Waals surface area contributed by atoms with Crippen LogP contribution in [-0.4, -0.2) is 6.15 Å². The molecule has 0 fully saturated rings. The number of benzene rings is 8. The van der Waals surface area contributed by atoms with Crippen molar-refractivity contribution < 1.29 is 56.9 Å². The van der Waals surface area contributed by atoms with Crippen LogP contribution in [0.25, 0.3) is 11.1 Å². The Kier molecular flexibility index (Phi) is 14.7. The molecule has 0 aliphatic rings. The molecule has 0 spiro atoms. The van der Waals surface area contributed by atoms with Gasteiger partial charge in [-0.3, -0.25) is 0 Å². The van der Waals surface area contributed by atoms with Gasteiger partial charge in [0.2, 0.25) is 0 Å². The smallest absolute Gasteiger partial charge is 0.195 e. The Morgan fingerprint density at radius 1 is 0.357 bits per heavy atom. The van der Waals surface area contributed by atoms with Gasteiger partial charge in [-0.05, 0) is 41.3 Å². The lowest BCUT2D eigenvalue weighted by atomic mass is 9.13. The second kappa shape index (κ2) is 20.3. The highest BCUT2D eigenvalue weighted by atomic mass is 32.2. The van der Waals surface area contributed by atoms with E-state index in [-0.39, 0.29) is 21.9 Å². The lowest BCUT2D eigenvalue weighted by Gasteiger charge is -2.44. The van der Waals surface area contributed by atoms with Crippen LogP contribution in [-0.2, 0) is 44.6 Å². The molecular formula is C55H37BF12OS. The summed E-state index contributed by atoms with van der Waals surface area (Å²) in [6, 6.07) is 51.4. The molecule has 1 atom stereocenters. The van der Waals surface area contributed by atoms with E-state index >= 15 is 0 Å². The molecule has 0 heterocycles. The quantitative estimate of drug-likeness (QED) is 0.0642. The highest BCUT2D eigenvalue weighted by Gasteiger charge is 2.38. The first-order valence-corrected chi connectivity index (χ1v) is 23.0. The van der Waals surface area contributed by atoms with E-state index in [9.17, 15) is 56.9 Å². The van der Waals surface area contributed by atoms with Crippen molar-refractivity contribution in [1.29, 1.82) is 0 Å². The second-order valence-corrected chi connectivity index (χ2v) is 18.4. The van der Waals surface area contributed by atoms with Gasteiger partial charge in [0.1, 0.15) is 6.15 Å². The molecule has 15 heteroatoms. The van der Waals surface area contributed by atoms with Crippen molar-refractivity contribution in [3.63, 3.8) is 0 Å². The van der Waals surface area contributed by atoms with E-state index in [1.54, 1.807) is 0 Å². The first kappa shape index (κ1) is 50.6. The fourth-order valence-electron chi connectivity index (χ4n) is 8.14. The van der Waals surface area contributed by atoms with Crippen LogP contribution in [0.5, 0.6) is 0 Å². The van der Waals surface area contributed by atoms with Gasteiger partial charge in [0.15, 0.2) is 25.8 Å². The normalized spacial score (nSPS) is 13.0. The van der Waals surface area contributed by atoms with Crippen LogP contribution in [0.3, 0.4) is 0 Å². The van der Waals surface area contributed by atoms with E-state index in [2.05, 4.69) is 47.6 Å². The number of rotatable bonds is 8. The molecule has 0 radical (unpaired) electrons. The zero-order chi connectivity index (χ0) is 50.4. The van der Waals surface area contributed by atoms with Crippen molar-refractivity contribution in [2.75, 3.05) is 0 Å². The summed E-state index contributed by atoms with van der Waals surface area (Å²) < 4.78 is 174. The SMILES string of the molecule is FC(F)(F)c1ccc([B-](c2ccc(C(F)(F)F)cc2)(c2ccc(C(F)(F)F)cc2)c2ccc(C(F)(F)F)cc2)cc1.O=[S+](C#Cc1ccccc1)(Cc1ccc(-c2ccccc2)cc1)c1ccccc1. The van der Waals surface area contributed by atoms with Gasteiger partial charge in [-0.1, -0.05) is 192 Å². The average molecular weight is 985 g/mol. The Bertz CT molecular complexity index is 2850. The zero-order valence-corrected chi connectivity index (χ0v) is 37.2. The molecule has 0 aromatic heterocycles. The Labute approximate surface area is 396 Å². The van der Waals surface area contributed by atoms with Gasteiger partial charge in [-0.2, -0.15) is 74.5 Å². The molecule has 0 aliphatic heterocycles. The average Bonchev–Trinajstić information content (AvgIpc) is 3.34. The predicted molar refractivity (Wildman–Crippen MR) is 252 cm³/mol. The molecule has 1 nitrogen and oxygen atoms in total. The van der Waals surface area contributed by atoms with Gasteiger partial charge in [0.05, 0.1) is 22.3 Å². The minimum Gasteiger partial charge on any atom is -0.195 e. The molecule has 70 heavy (non-hydrogen) atoms. The molecule has 0 amide bonds. The number of alkyl halides is 12. The third kappa shape index (κ3) is 11.7. The first-order valence-electron chi connectivity index (χ1n) is 21.2. The van der Waals surface area contributed by atoms with Crippen molar-refractivity contribution >= 4 is 37.9 Å². The van der Waals surface area contributed by atoms with Gasteiger partial charge in [0.25, 0.3) is 0 Å². The van der Waals surface area contributed by atoms with Crippen LogP contribution in [0, 0.1) is 11.2 Å². The third-order valence-electron chi connectivity index (χ3n) is 11.6. The van der Waals surface area contributed by atoms with E-state index in [0.29, 0.717) is 54.3 Å². The Balaban J connectivity index is 0.000000218. The molecular weight excluding hydrogens is 947 g/mol.